The first kappa shape index (κ1) is 28.2. The van der Waals surface area contributed by atoms with Gasteiger partial charge in [-0.15, -0.1) is 0 Å². The lowest BCUT2D eigenvalue weighted by Crippen LogP contribution is -2.51. The molecule has 0 N–H and O–H groups in total. The van der Waals surface area contributed by atoms with Crippen LogP contribution < -0.4 is 0 Å². The molecule has 0 aliphatic carbocycles. The molecule has 182 valence electrons. The summed E-state index contributed by atoms with van der Waals surface area (Å²) < 4.78 is 0. The second-order valence-corrected chi connectivity index (χ2v) is 9.00. The zero-order valence-electron chi connectivity index (χ0n) is 20.4. The van der Waals surface area contributed by atoms with Gasteiger partial charge in [-0.05, 0) is 34.6 Å². The molecule has 1 saturated heterocycles. The molecule has 1 aliphatic rings. The Balaban J connectivity index is 3.11. The highest BCUT2D eigenvalue weighted by Crippen LogP contribution is 2.10. The molecule has 1 rings (SSSR count). The second kappa shape index (κ2) is 14.4. The van der Waals surface area contributed by atoms with Crippen LogP contribution in [0.1, 0.15) is 41.0 Å². The lowest BCUT2D eigenvalue weighted by molar-refractivity contribution is -0.127. The summed E-state index contributed by atoms with van der Waals surface area (Å²) >= 11 is 0. The van der Waals surface area contributed by atoms with E-state index in [4.69, 9.17) is 0 Å². The number of nitrogens with zero attached hydrogens (tertiary/aromatic N) is 4. The first-order valence-corrected chi connectivity index (χ1v) is 11.4. The van der Waals surface area contributed by atoms with Gasteiger partial charge in [-0.25, -0.2) is 0 Å². The quantitative estimate of drug-likeness (QED) is 0.450. The largest absolute Gasteiger partial charge is 0.300 e. The van der Waals surface area contributed by atoms with E-state index in [0.717, 1.165) is 0 Å². The fourth-order valence-corrected chi connectivity index (χ4v) is 4.09. The summed E-state index contributed by atoms with van der Waals surface area (Å²) in [5.74, 6) is 0.0871. The fourth-order valence-electron chi connectivity index (χ4n) is 4.09. The maximum atomic E-state index is 12.3. The molecule has 1 heterocycles. The minimum atomic E-state index is -0.511. The molecular weight excluding hydrogens is 412 g/mol. The molecule has 0 bridgehead atoms. The average molecular weight is 453 g/mol. The van der Waals surface area contributed by atoms with Gasteiger partial charge in [0.2, 0.25) is 0 Å². The molecule has 9 heteroatoms. The smallest absolute Gasteiger partial charge is 0.147 e. The van der Waals surface area contributed by atoms with Gasteiger partial charge in [-0.2, -0.15) is 0 Å². The molecule has 0 saturated carbocycles. The average Bonchev–Trinajstić information content (AvgIpc) is 2.65. The topological polar surface area (TPSA) is 98.3 Å². The van der Waals surface area contributed by atoms with Gasteiger partial charge in [-0.3, -0.25) is 43.6 Å². The number of hydrogen-bond donors (Lipinski definition) is 0. The Hall–Kier alpha value is -1.81. The molecule has 0 amide bonds. The zero-order chi connectivity index (χ0) is 24.3. The van der Waals surface area contributed by atoms with Crippen LogP contribution in [-0.2, 0) is 24.0 Å². The molecule has 9 nitrogen and oxygen atoms in total. The van der Waals surface area contributed by atoms with E-state index in [0.29, 0.717) is 72.0 Å². The van der Waals surface area contributed by atoms with Gasteiger partial charge in [0.05, 0.1) is 25.7 Å². The third-order valence-corrected chi connectivity index (χ3v) is 5.60. The van der Waals surface area contributed by atoms with Crippen molar-refractivity contribution >= 4 is 28.9 Å². The molecule has 0 radical (unpaired) electrons. The van der Waals surface area contributed by atoms with Crippen molar-refractivity contribution in [2.45, 2.75) is 47.1 Å². The monoisotopic (exact) mass is 452 g/mol. The number of ketones is 5. The van der Waals surface area contributed by atoms with Gasteiger partial charge in [0.25, 0.3) is 0 Å². The number of hydrogen-bond acceptors (Lipinski definition) is 9. The highest BCUT2D eigenvalue weighted by atomic mass is 16.1. The van der Waals surface area contributed by atoms with Crippen molar-refractivity contribution in [3.8, 4) is 0 Å². The van der Waals surface area contributed by atoms with Crippen molar-refractivity contribution in [1.29, 1.82) is 0 Å². The van der Waals surface area contributed by atoms with Crippen LogP contribution >= 0.6 is 0 Å². The molecule has 32 heavy (non-hydrogen) atoms. The van der Waals surface area contributed by atoms with Crippen molar-refractivity contribution in [1.82, 2.24) is 19.6 Å². The number of carbonyl (C=O) groups is 5. The summed E-state index contributed by atoms with van der Waals surface area (Å²) in [6.45, 7) is 13.3. The Morgan fingerprint density at radius 3 is 1.09 bits per heavy atom. The Bertz CT molecular complexity index is 649. The second-order valence-electron chi connectivity index (χ2n) is 9.00. The van der Waals surface area contributed by atoms with Crippen molar-refractivity contribution in [2.24, 2.45) is 0 Å². The molecule has 0 aromatic rings. The van der Waals surface area contributed by atoms with Crippen LogP contribution in [0.3, 0.4) is 0 Å². The lowest BCUT2D eigenvalue weighted by Gasteiger charge is -2.36. The minimum absolute atomic E-state index is 0.0441. The van der Waals surface area contributed by atoms with Crippen LogP contribution in [0.25, 0.3) is 0 Å². The van der Waals surface area contributed by atoms with E-state index in [2.05, 4.69) is 4.90 Å². The molecule has 0 aromatic heterocycles. The van der Waals surface area contributed by atoms with Crippen LogP contribution in [0.4, 0.5) is 0 Å². The van der Waals surface area contributed by atoms with Crippen molar-refractivity contribution in [2.75, 3.05) is 72.0 Å². The molecule has 1 unspecified atom stereocenters. The maximum Gasteiger partial charge on any atom is 0.147 e. The molecule has 1 atom stereocenters. The number of carbonyl (C=O) groups excluding carboxylic acids is 5. The third-order valence-electron chi connectivity index (χ3n) is 5.60. The molecule has 1 aliphatic heterocycles. The van der Waals surface area contributed by atoms with Crippen LogP contribution in [-0.4, -0.2) is 127 Å². The van der Waals surface area contributed by atoms with Crippen LogP contribution in [0, 0.1) is 0 Å². The van der Waals surface area contributed by atoms with Gasteiger partial charge in [0.15, 0.2) is 0 Å². The summed E-state index contributed by atoms with van der Waals surface area (Å²) in [5.41, 5.74) is 0. The Labute approximate surface area is 192 Å². The van der Waals surface area contributed by atoms with E-state index in [-0.39, 0.29) is 35.3 Å². The van der Waals surface area contributed by atoms with Gasteiger partial charge in [0.1, 0.15) is 28.9 Å². The standard InChI is InChI=1S/C23H40N4O5/c1-18(28)14-23(22(5)32)27-12-10-25(16-20(3)30)8-6-24(15-19(2)29)7-9-26(11-13-27)17-21(4)31/h23H,6-17H2,1-5H3. The Morgan fingerprint density at radius 2 is 0.844 bits per heavy atom. The summed E-state index contributed by atoms with van der Waals surface area (Å²) in [6.07, 6.45) is 0.154. The first-order valence-electron chi connectivity index (χ1n) is 11.4. The highest BCUT2D eigenvalue weighted by molar-refractivity contribution is 5.88. The Kier molecular flexibility index (Phi) is 12.7. The van der Waals surface area contributed by atoms with E-state index in [1.165, 1.54) is 13.8 Å². The fraction of sp³-hybridized carbons (Fsp3) is 0.783. The van der Waals surface area contributed by atoms with Crippen LogP contribution in [0.15, 0.2) is 0 Å². The Morgan fingerprint density at radius 1 is 0.531 bits per heavy atom. The number of Topliss-reactive ketones (excluding diaryl/α,β-unsaturated/α-hetero) is 5. The normalized spacial score (nSPS) is 19.5. The predicted octanol–water partition coefficient (Wildman–Crippen LogP) is -0.0883. The molecule has 0 aromatic carbocycles. The predicted molar refractivity (Wildman–Crippen MR) is 123 cm³/mol. The van der Waals surface area contributed by atoms with E-state index in [9.17, 15) is 24.0 Å². The summed E-state index contributed by atoms with van der Waals surface area (Å²) in [4.78, 5) is 67.6. The van der Waals surface area contributed by atoms with E-state index in [1.54, 1.807) is 20.8 Å². The third kappa shape index (κ3) is 11.7. The summed E-state index contributed by atoms with van der Waals surface area (Å²) in [6, 6.07) is -0.511. The van der Waals surface area contributed by atoms with Gasteiger partial charge >= 0.3 is 0 Å². The summed E-state index contributed by atoms with van der Waals surface area (Å²) in [7, 11) is 0. The maximum absolute atomic E-state index is 12.3. The van der Waals surface area contributed by atoms with Gasteiger partial charge in [0, 0.05) is 58.8 Å². The van der Waals surface area contributed by atoms with Gasteiger partial charge < -0.3 is 0 Å². The zero-order valence-corrected chi connectivity index (χ0v) is 20.4. The van der Waals surface area contributed by atoms with E-state index >= 15 is 0 Å². The van der Waals surface area contributed by atoms with Crippen molar-refractivity contribution < 1.29 is 24.0 Å². The van der Waals surface area contributed by atoms with E-state index in [1.807, 2.05) is 14.7 Å². The van der Waals surface area contributed by atoms with E-state index < -0.39 is 6.04 Å². The summed E-state index contributed by atoms with van der Waals surface area (Å²) in [5, 5.41) is 0. The number of rotatable bonds is 10. The van der Waals surface area contributed by atoms with Gasteiger partial charge in [-0.1, -0.05) is 0 Å². The minimum Gasteiger partial charge on any atom is -0.300 e. The molecule has 0 spiro atoms. The van der Waals surface area contributed by atoms with Crippen molar-refractivity contribution in [3.05, 3.63) is 0 Å². The SMILES string of the molecule is CC(=O)CC(C(C)=O)N1CCN(CC(C)=O)CCN(CC(C)=O)CCN(CC(C)=O)CC1. The van der Waals surface area contributed by atoms with Crippen LogP contribution in [0.2, 0.25) is 0 Å². The first-order chi connectivity index (χ1) is 15.0. The molecule has 1 fully saturated rings. The lowest BCUT2D eigenvalue weighted by atomic mass is 10.1. The highest BCUT2D eigenvalue weighted by Gasteiger charge is 2.26. The van der Waals surface area contributed by atoms with Crippen LogP contribution in [0.5, 0.6) is 0 Å². The van der Waals surface area contributed by atoms with Crippen molar-refractivity contribution in [3.63, 3.8) is 0 Å². The molecular formula is C23H40N4O5.